The van der Waals surface area contributed by atoms with Gasteiger partial charge in [-0.3, -0.25) is 4.68 Å². The third-order valence-corrected chi connectivity index (χ3v) is 4.80. The number of carbonyl (C=O) groups is 1. The van der Waals surface area contributed by atoms with Gasteiger partial charge >= 0.3 is 6.03 Å². The minimum atomic E-state index is -0.214. The maximum atomic E-state index is 12.3. The number of urea groups is 1. The molecule has 0 aliphatic carbocycles. The summed E-state index contributed by atoms with van der Waals surface area (Å²) in [6, 6.07) is 9.56. The van der Waals surface area contributed by atoms with Gasteiger partial charge in [0.1, 0.15) is 12.7 Å². The first-order chi connectivity index (χ1) is 13.7. The molecule has 3 aromatic rings. The minimum absolute atomic E-state index is 0. The second-order valence-electron chi connectivity index (χ2n) is 6.86. The van der Waals surface area contributed by atoms with E-state index in [1.807, 2.05) is 41.9 Å². The monoisotopic (exact) mass is 416 g/mol. The summed E-state index contributed by atoms with van der Waals surface area (Å²) in [5.74, 6) is 0. The highest BCUT2D eigenvalue weighted by atomic mass is 35.5. The highest BCUT2D eigenvalue weighted by molar-refractivity contribution is 5.85. The zero-order valence-electron chi connectivity index (χ0n) is 16.2. The van der Waals surface area contributed by atoms with E-state index in [1.165, 1.54) is 6.33 Å². The molecule has 1 aliphatic rings. The van der Waals surface area contributed by atoms with Crippen LogP contribution in [-0.2, 0) is 19.6 Å². The number of aryl methyl sites for hydroxylation is 1. The summed E-state index contributed by atoms with van der Waals surface area (Å²) in [4.78, 5) is 16.2. The lowest BCUT2D eigenvalue weighted by molar-refractivity contribution is 0.237. The first-order valence-corrected chi connectivity index (χ1v) is 9.45. The van der Waals surface area contributed by atoms with Gasteiger partial charge in [0.15, 0.2) is 0 Å². The molecule has 154 valence electrons. The number of nitrogens with one attached hydrogen (secondary N) is 3. The normalized spacial score (nSPS) is 14.2. The van der Waals surface area contributed by atoms with E-state index in [2.05, 4.69) is 31.1 Å². The average Bonchev–Trinajstić information content (AvgIpc) is 3.32. The van der Waals surface area contributed by atoms with E-state index in [4.69, 9.17) is 0 Å². The lowest BCUT2D eigenvalue weighted by atomic mass is 10.1. The van der Waals surface area contributed by atoms with Gasteiger partial charge in [-0.15, -0.1) is 12.4 Å². The van der Waals surface area contributed by atoms with Gasteiger partial charge in [0.05, 0.1) is 29.7 Å². The van der Waals surface area contributed by atoms with Crippen LogP contribution in [-0.4, -0.2) is 37.1 Å². The zero-order valence-corrected chi connectivity index (χ0v) is 17.0. The standard InChI is InChI=1S/C19H24N8O.ClH/c1-14(15-3-5-17(6-4-15)27-13-21-12-23-27)24-19(28)22-10-16-9-18-11-20-7-2-8-26(18)25-16;/h3-6,9,12-14,20H,2,7-8,10-11H2,1H3,(H2,22,24,28);1H. The molecule has 1 aliphatic heterocycles. The van der Waals surface area contributed by atoms with Gasteiger partial charge in [0.25, 0.3) is 0 Å². The van der Waals surface area contributed by atoms with Gasteiger partial charge < -0.3 is 16.0 Å². The largest absolute Gasteiger partial charge is 0.332 e. The molecule has 2 aromatic heterocycles. The fourth-order valence-corrected chi connectivity index (χ4v) is 3.27. The van der Waals surface area contributed by atoms with E-state index in [1.54, 1.807) is 11.0 Å². The van der Waals surface area contributed by atoms with Crippen LogP contribution in [0.1, 0.15) is 36.3 Å². The number of hydrogen-bond donors (Lipinski definition) is 3. The third kappa shape index (κ3) is 5.12. The average molecular weight is 417 g/mol. The first kappa shape index (κ1) is 20.8. The van der Waals surface area contributed by atoms with Gasteiger partial charge in [-0.25, -0.2) is 14.5 Å². The van der Waals surface area contributed by atoms with E-state index in [9.17, 15) is 4.79 Å². The van der Waals surface area contributed by atoms with Gasteiger partial charge in [-0.2, -0.15) is 10.2 Å². The molecule has 1 unspecified atom stereocenters. The third-order valence-electron chi connectivity index (χ3n) is 4.80. The van der Waals surface area contributed by atoms with E-state index in [0.717, 1.165) is 48.7 Å². The molecule has 1 atom stereocenters. The van der Waals surface area contributed by atoms with Crippen LogP contribution in [0.5, 0.6) is 0 Å². The summed E-state index contributed by atoms with van der Waals surface area (Å²) < 4.78 is 3.71. The number of nitrogens with zero attached hydrogens (tertiary/aromatic N) is 5. The number of fused-ring (bicyclic) bond motifs is 1. The Morgan fingerprint density at radius 1 is 1.31 bits per heavy atom. The van der Waals surface area contributed by atoms with E-state index < -0.39 is 0 Å². The summed E-state index contributed by atoms with van der Waals surface area (Å²) in [7, 11) is 0. The maximum absolute atomic E-state index is 12.3. The summed E-state index contributed by atoms with van der Waals surface area (Å²) in [5, 5.41) is 17.9. The van der Waals surface area contributed by atoms with Crippen molar-refractivity contribution in [2.24, 2.45) is 0 Å². The second kappa shape index (κ2) is 9.53. The molecule has 9 nitrogen and oxygen atoms in total. The number of halogens is 1. The summed E-state index contributed by atoms with van der Waals surface area (Å²) in [6.07, 6.45) is 4.21. The predicted molar refractivity (Wildman–Crippen MR) is 111 cm³/mol. The fourth-order valence-electron chi connectivity index (χ4n) is 3.27. The van der Waals surface area contributed by atoms with E-state index in [0.29, 0.717) is 6.54 Å². The molecule has 3 N–H and O–H groups in total. The van der Waals surface area contributed by atoms with Crippen LogP contribution in [0.3, 0.4) is 0 Å². The Bertz CT molecular complexity index is 899. The molecule has 0 spiro atoms. The molecule has 0 fully saturated rings. The molecular weight excluding hydrogens is 392 g/mol. The van der Waals surface area contributed by atoms with Crippen LogP contribution in [0.2, 0.25) is 0 Å². The lowest BCUT2D eigenvalue weighted by Gasteiger charge is -2.15. The van der Waals surface area contributed by atoms with E-state index >= 15 is 0 Å². The van der Waals surface area contributed by atoms with Crippen molar-refractivity contribution < 1.29 is 4.79 Å². The van der Waals surface area contributed by atoms with Crippen LogP contribution < -0.4 is 16.0 Å². The summed E-state index contributed by atoms with van der Waals surface area (Å²) in [5.41, 5.74) is 3.97. The highest BCUT2D eigenvalue weighted by Crippen LogP contribution is 2.15. The van der Waals surface area contributed by atoms with Gasteiger partial charge in [0.2, 0.25) is 0 Å². The molecule has 2 amide bonds. The van der Waals surface area contributed by atoms with Crippen LogP contribution in [0, 0.1) is 0 Å². The topological polar surface area (TPSA) is 102 Å². The Balaban J connectivity index is 0.00000240. The summed E-state index contributed by atoms with van der Waals surface area (Å²) >= 11 is 0. The van der Waals surface area contributed by atoms with E-state index in [-0.39, 0.29) is 24.5 Å². The van der Waals surface area contributed by atoms with Crippen LogP contribution in [0.4, 0.5) is 4.79 Å². The molecule has 0 saturated heterocycles. The van der Waals surface area contributed by atoms with Crippen molar-refractivity contribution in [2.45, 2.75) is 39.0 Å². The first-order valence-electron chi connectivity index (χ1n) is 9.45. The van der Waals surface area contributed by atoms with Crippen molar-refractivity contribution >= 4 is 18.4 Å². The van der Waals surface area contributed by atoms with Crippen LogP contribution in [0.15, 0.2) is 43.0 Å². The lowest BCUT2D eigenvalue weighted by Crippen LogP contribution is -2.36. The Morgan fingerprint density at radius 2 is 2.14 bits per heavy atom. The molecule has 3 heterocycles. The molecule has 29 heavy (non-hydrogen) atoms. The van der Waals surface area contributed by atoms with Gasteiger partial charge in [-0.05, 0) is 43.7 Å². The Kier molecular flexibility index (Phi) is 6.84. The molecule has 0 saturated carbocycles. The number of aromatic nitrogens is 5. The fraction of sp³-hybridized carbons (Fsp3) is 0.368. The Hall–Kier alpha value is -2.91. The SMILES string of the molecule is CC(NC(=O)NCc1cc2n(n1)CCCNC2)c1ccc(-n2cncn2)cc1.Cl. The second-order valence-corrected chi connectivity index (χ2v) is 6.86. The number of amides is 2. The maximum Gasteiger partial charge on any atom is 0.315 e. The Labute approximate surface area is 175 Å². The highest BCUT2D eigenvalue weighted by Gasteiger charge is 2.13. The predicted octanol–water partition coefficient (Wildman–Crippen LogP) is 1.94. The van der Waals surface area contributed by atoms with Crippen molar-refractivity contribution in [3.63, 3.8) is 0 Å². The number of carbonyl (C=O) groups excluding carboxylic acids is 1. The summed E-state index contributed by atoms with van der Waals surface area (Å²) in [6.45, 7) is 5.10. The van der Waals surface area contributed by atoms with Crippen molar-refractivity contribution in [1.29, 1.82) is 0 Å². The molecule has 0 radical (unpaired) electrons. The number of hydrogen-bond acceptors (Lipinski definition) is 5. The molecular formula is C19H25ClN8O. The number of benzene rings is 1. The van der Waals surface area contributed by atoms with Crippen molar-refractivity contribution in [1.82, 2.24) is 40.5 Å². The smallest absolute Gasteiger partial charge is 0.315 e. The van der Waals surface area contributed by atoms with Crippen molar-refractivity contribution in [3.05, 3.63) is 59.9 Å². The van der Waals surface area contributed by atoms with Crippen molar-refractivity contribution in [2.75, 3.05) is 6.54 Å². The van der Waals surface area contributed by atoms with Crippen molar-refractivity contribution in [3.8, 4) is 5.69 Å². The Morgan fingerprint density at radius 3 is 2.90 bits per heavy atom. The van der Waals surface area contributed by atoms with Gasteiger partial charge in [0, 0.05) is 13.1 Å². The molecule has 0 bridgehead atoms. The number of rotatable bonds is 5. The molecule has 1 aromatic carbocycles. The van der Waals surface area contributed by atoms with Crippen LogP contribution >= 0.6 is 12.4 Å². The minimum Gasteiger partial charge on any atom is -0.332 e. The molecule has 10 heteroatoms. The van der Waals surface area contributed by atoms with Crippen LogP contribution in [0.25, 0.3) is 5.69 Å². The molecule has 4 rings (SSSR count). The van der Waals surface area contributed by atoms with Gasteiger partial charge in [-0.1, -0.05) is 12.1 Å². The zero-order chi connectivity index (χ0) is 19.3. The quantitative estimate of drug-likeness (QED) is 0.590.